The Morgan fingerprint density at radius 2 is 1.59 bits per heavy atom. The number of ether oxygens (including phenoxy) is 4. The largest absolute Gasteiger partial charge is 0.514 e. The molecule has 9 nitrogen and oxygen atoms in total. The second kappa shape index (κ2) is 8.32. The predicted molar refractivity (Wildman–Crippen MR) is 98.1 cm³/mol. The van der Waals surface area contributed by atoms with Crippen LogP contribution in [0.15, 0.2) is 6.20 Å². The van der Waals surface area contributed by atoms with E-state index in [1.807, 2.05) is 0 Å². The normalized spacial score (nSPS) is 11.6. The molecule has 0 atom stereocenters. The van der Waals surface area contributed by atoms with E-state index >= 15 is 0 Å². The molecule has 1 amide bonds. The van der Waals surface area contributed by atoms with Crippen molar-refractivity contribution in [3.63, 3.8) is 0 Å². The fourth-order valence-corrected chi connectivity index (χ4v) is 2.00. The zero-order chi connectivity index (χ0) is 21.0. The Morgan fingerprint density at radius 3 is 2.07 bits per heavy atom. The molecule has 0 spiro atoms. The van der Waals surface area contributed by atoms with Crippen LogP contribution in [0.3, 0.4) is 0 Å². The highest BCUT2D eigenvalue weighted by Gasteiger charge is 2.29. The Bertz CT molecular complexity index is 709. The Balaban J connectivity index is 3.22. The number of amides is 1. The zero-order valence-corrected chi connectivity index (χ0v) is 17.1. The van der Waals surface area contributed by atoms with Crippen LogP contribution in [0.1, 0.15) is 59.0 Å². The number of nitrogens with one attached hydrogen (secondary N) is 1. The number of aryl methyl sites for hydroxylation is 1. The molecule has 1 aromatic rings. The van der Waals surface area contributed by atoms with Crippen molar-refractivity contribution in [3.05, 3.63) is 11.9 Å². The number of carbonyl (C=O) groups is 3. The van der Waals surface area contributed by atoms with Crippen LogP contribution in [0.5, 0.6) is 5.75 Å². The van der Waals surface area contributed by atoms with Gasteiger partial charge >= 0.3 is 18.2 Å². The summed E-state index contributed by atoms with van der Waals surface area (Å²) in [5.74, 6) is -0.896. The molecule has 0 bridgehead atoms. The number of aromatic nitrogens is 1. The first-order valence-electron chi connectivity index (χ1n) is 8.50. The van der Waals surface area contributed by atoms with Crippen LogP contribution in [-0.4, -0.2) is 40.6 Å². The standard InChI is InChI=1S/C18H28N2O7/c1-9-24-14(21)12-13(25-16(23)27-18(5,6)7)11(10-20(12)8)19-15(22)26-17(2,3)4/h10H,9H2,1-8H3,(H,19,22). The lowest BCUT2D eigenvalue weighted by atomic mass is 10.2. The Morgan fingerprint density at radius 1 is 1.04 bits per heavy atom. The highest BCUT2D eigenvalue weighted by Crippen LogP contribution is 2.33. The molecule has 1 aromatic heterocycles. The van der Waals surface area contributed by atoms with E-state index in [2.05, 4.69) is 5.32 Å². The third-order valence-corrected chi connectivity index (χ3v) is 2.81. The van der Waals surface area contributed by atoms with E-state index in [0.29, 0.717) is 0 Å². The minimum Gasteiger partial charge on any atom is -0.461 e. The van der Waals surface area contributed by atoms with Crippen molar-refractivity contribution in [2.24, 2.45) is 7.05 Å². The first-order chi connectivity index (χ1) is 12.2. The van der Waals surface area contributed by atoms with Crippen LogP contribution >= 0.6 is 0 Å². The molecule has 1 rings (SSSR count). The van der Waals surface area contributed by atoms with Gasteiger partial charge in [-0.25, -0.2) is 14.4 Å². The average Bonchev–Trinajstić information content (AvgIpc) is 2.70. The first-order valence-corrected chi connectivity index (χ1v) is 8.50. The summed E-state index contributed by atoms with van der Waals surface area (Å²) < 4.78 is 21.9. The number of anilines is 1. The number of hydrogen-bond donors (Lipinski definition) is 1. The van der Waals surface area contributed by atoms with Crippen LogP contribution in [-0.2, 0) is 21.3 Å². The smallest absolute Gasteiger partial charge is 0.461 e. The maximum Gasteiger partial charge on any atom is 0.514 e. The van der Waals surface area contributed by atoms with Crippen LogP contribution in [0.25, 0.3) is 0 Å². The molecule has 0 radical (unpaired) electrons. The summed E-state index contributed by atoms with van der Waals surface area (Å²) in [6.45, 7) is 11.9. The van der Waals surface area contributed by atoms with Crippen LogP contribution < -0.4 is 10.1 Å². The molecule has 152 valence electrons. The molecule has 0 aliphatic carbocycles. The fourth-order valence-electron chi connectivity index (χ4n) is 2.00. The molecule has 0 aromatic carbocycles. The average molecular weight is 384 g/mol. The van der Waals surface area contributed by atoms with Crippen LogP contribution in [0, 0.1) is 0 Å². The van der Waals surface area contributed by atoms with E-state index in [-0.39, 0.29) is 23.7 Å². The van der Waals surface area contributed by atoms with Crippen LogP contribution in [0.4, 0.5) is 15.3 Å². The number of carbonyl (C=O) groups excluding carboxylic acids is 3. The fraction of sp³-hybridized carbons (Fsp3) is 0.611. The monoisotopic (exact) mass is 384 g/mol. The predicted octanol–water partition coefficient (Wildman–Crippen LogP) is 3.86. The number of esters is 1. The SMILES string of the molecule is CCOC(=O)c1c(OC(=O)OC(C)(C)C)c(NC(=O)OC(C)(C)C)cn1C. The lowest BCUT2D eigenvalue weighted by Crippen LogP contribution is -2.28. The molecule has 0 saturated heterocycles. The van der Waals surface area contributed by atoms with E-state index in [9.17, 15) is 14.4 Å². The van der Waals surface area contributed by atoms with E-state index in [1.54, 1.807) is 55.5 Å². The van der Waals surface area contributed by atoms with Crippen molar-refractivity contribution >= 4 is 23.9 Å². The van der Waals surface area contributed by atoms with E-state index in [0.717, 1.165) is 0 Å². The van der Waals surface area contributed by atoms with Crippen molar-refractivity contribution in [2.45, 2.75) is 59.7 Å². The maximum atomic E-state index is 12.3. The highest BCUT2D eigenvalue weighted by atomic mass is 16.7. The summed E-state index contributed by atoms with van der Waals surface area (Å²) in [6, 6.07) is 0. The Hall–Kier alpha value is -2.71. The van der Waals surface area contributed by atoms with Gasteiger partial charge in [0.2, 0.25) is 0 Å². The van der Waals surface area contributed by atoms with Crippen LogP contribution in [0.2, 0.25) is 0 Å². The molecular weight excluding hydrogens is 356 g/mol. The van der Waals surface area contributed by atoms with Gasteiger partial charge in [0.15, 0.2) is 11.4 Å². The number of nitrogens with zero attached hydrogens (tertiary/aromatic N) is 1. The molecule has 9 heteroatoms. The van der Waals surface area contributed by atoms with Crippen molar-refractivity contribution < 1.29 is 33.3 Å². The van der Waals surface area contributed by atoms with Gasteiger partial charge in [-0.15, -0.1) is 0 Å². The van der Waals surface area contributed by atoms with E-state index < -0.39 is 29.4 Å². The van der Waals surface area contributed by atoms with Gasteiger partial charge in [0.05, 0.1) is 6.61 Å². The van der Waals surface area contributed by atoms with Gasteiger partial charge in [0.25, 0.3) is 0 Å². The second-order valence-electron chi connectivity index (χ2n) is 7.75. The molecule has 0 fully saturated rings. The van der Waals surface area contributed by atoms with Gasteiger partial charge in [-0.3, -0.25) is 5.32 Å². The van der Waals surface area contributed by atoms with Gasteiger partial charge in [0, 0.05) is 13.2 Å². The third-order valence-electron chi connectivity index (χ3n) is 2.81. The van der Waals surface area contributed by atoms with Gasteiger partial charge in [-0.2, -0.15) is 0 Å². The summed E-state index contributed by atoms with van der Waals surface area (Å²) in [7, 11) is 1.55. The van der Waals surface area contributed by atoms with Crippen molar-refractivity contribution in [3.8, 4) is 5.75 Å². The zero-order valence-electron chi connectivity index (χ0n) is 17.1. The minimum atomic E-state index is -1.02. The Labute approximate surface area is 158 Å². The quantitative estimate of drug-likeness (QED) is 0.620. The maximum absolute atomic E-state index is 12.3. The molecule has 0 aliphatic rings. The molecule has 27 heavy (non-hydrogen) atoms. The van der Waals surface area contributed by atoms with Crippen molar-refractivity contribution in [2.75, 3.05) is 11.9 Å². The van der Waals surface area contributed by atoms with Crippen molar-refractivity contribution in [1.82, 2.24) is 4.57 Å². The summed E-state index contributed by atoms with van der Waals surface area (Å²) in [5, 5.41) is 2.47. The first kappa shape index (κ1) is 22.3. The summed E-state index contributed by atoms with van der Waals surface area (Å²) >= 11 is 0. The highest BCUT2D eigenvalue weighted by molar-refractivity contribution is 5.97. The molecule has 1 heterocycles. The van der Waals surface area contributed by atoms with Gasteiger partial charge < -0.3 is 23.5 Å². The van der Waals surface area contributed by atoms with E-state index in [4.69, 9.17) is 18.9 Å². The number of hydrogen-bond acceptors (Lipinski definition) is 7. The van der Waals surface area contributed by atoms with E-state index in [1.165, 1.54) is 10.8 Å². The molecule has 1 N–H and O–H groups in total. The second-order valence-corrected chi connectivity index (χ2v) is 7.75. The summed E-state index contributed by atoms with van der Waals surface area (Å²) in [6.07, 6.45) is -0.375. The lowest BCUT2D eigenvalue weighted by molar-refractivity contribution is 0.0202. The van der Waals surface area contributed by atoms with Gasteiger partial charge in [-0.05, 0) is 48.5 Å². The summed E-state index contributed by atoms with van der Waals surface area (Å²) in [5.41, 5.74) is -1.50. The minimum absolute atomic E-state index is 0.0474. The Kier molecular flexibility index (Phi) is 6.88. The van der Waals surface area contributed by atoms with Gasteiger partial charge in [-0.1, -0.05) is 0 Å². The van der Waals surface area contributed by atoms with Gasteiger partial charge in [0.1, 0.15) is 16.9 Å². The van der Waals surface area contributed by atoms with Crippen molar-refractivity contribution in [1.29, 1.82) is 0 Å². The topological polar surface area (TPSA) is 105 Å². The molecule has 0 saturated carbocycles. The molecule has 0 unspecified atom stereocenters. The lowest BCUT2D eigenvalue weighted by Gasteiger charge is -2.20. The number of rotatable bonds is 4. The third kappa shape index (κ3) is 7.20. The molecular formula is C18H28N2O7. The summed E-state index contributed by atoms with van der Waals surface area (Å²) in [4.78, 5) is 36.4. The molecule has 0 aliphatic heterocycles.